The first-order valence-corrected chi connectivity index (χ1v) is 10.7. The number of nitrogens with one attached hydrogen (secondary N) is 1. The van der Waals surface area contributed by atoms with Crippen LogP contribution in [0.25, 0.3) is 0 Å². The fourth-order valence-corrected chi connectivity index (χ4v) is 3.96. The van der Waals surface area contributed by atoms with Crippen molar-refractivity contribution in [2.24, 2.45) is 0 Å². The Bertz CT molecular complexity index is 982. The van der Waals surface area contributed by atoms with E-state index in [1.807, 2.05) is 24.3 Å². The Morgan fingerprint density at radius 2 is 1.93 bits per heavy atom. The molecule has 2 aromatic heterocycles. The summed E-state index contributed by atoms with van der Waals surface area (Å²) in [6.07, 6.45) is 3.56. The van der Waals surface area contributed by atoms with Crippen LogP contribution in [0.1, 0.15) is 46.9 Å². The van der Waals surface area contributed by atoms with Crippen molar-refractivity contribution in [1.82, 2.24) is 25.0 Å². The van der Waals surface area contributed by atoms with Crippen LogP contribution in [0.15, 0.2) is 54.7 Å². The maximum absolute atomic E-state index is 13.0. The number of aromatic nitrogens is 3. The van der Waals surface area contributed by atoms with Crippen molar-refractivity contribution in [3.8, 4) is 0 Å². The summed E-state index contributed by atoms with van der Waals surface area (Å²) in [6, 6.07) is 16.6. The lowest BCUT2D eigenvalue weighted by atomic mass is 10.0. The number of benzene rings is 1. The molecule has 1 N–H and O–H groups in total. The van der Waals surface area contributed by atoms with Gasteiger partial charge in [0.05, 0.1) is 12.2 Å². The maximum Gasteiger partial charge on any atom is 0.272 e. The molecule has 0 unspecified atom stereocenters. The summed E-state index contributed by atoms with van der Waals surface area (Å²) in [6.45, 7) is 7.35. The van der Waals surface area contributed by atoms with E-state index in [9.17, 15) is 4.79 Å². The number of aryl methyl sites for hydroxylation is 2. The van der Waals surface area contributed by atoms with Gasteiger partial charge in [-0.25, -0.2) is 0 Å². The molecule has 3 aromatic rings. The van der Waals surface area contributed by atoms with E-state index in [0.717, 1.165) is 43.7 Å². The molecule has 0 atom stereocenters. The zero-order valence-electron chi connectivity index (χ0n) is 17.7. The van der Waals surface area contributed by atoms with Crippen molar-refractivity contribution in [3.05, 3.63) is 82.9 Å². The van der Waals surface area contributed by atoms with Crippen LogP contribution in [0, 0.1) is 0 Å². The summed E-state index contributed by atoms with van der Waals surface area (Å²) in [7, 11) is 0. The van der Waals surface area contributed by atoms with E-state index < -0.39 is 0 Å². The van der Waals surface area contributed by atoms with Gasteiger partial charge in [-0.05, 0) is 38.0 Å². The Morgan fingerprint density at radius 3 is 2.67 bits per heavy atom. The van der Waals surface area contributed by atoms with E-state index >= 15 is 0 Å². The summed E-state index contributed by atoms with van der Waals surface area (Å²) in [4.78, 5) is 19.7. The molecule has 0 saturated heterocycles. The SMILES string of the molecule is CC(C)N1CCc2c(c(C(=O)NCc3ccccn3)nn2CCc2ccccc2)C1. The molecule has 6 heteroatoms. The van der Waals surface area contributed by atoms with Crippen LogP contribution in [0.4, 0.5) is 0 Å². The van der Waals surface area contributed by atoms with Gasteiger partial charge in [-0.3, -0.25) is 19.4 Å². The van der Waals surface area contributed by atoms with E-state index in [4.69, 9.17) is 5.10 Å². The highest BCUT2D eigenvalue weighted by Crippen LogP contribution is 2.24. The molecule has 0 fully saturated rings. The third-order valence-electron chi connectivity index (χ3n) is 5.72. The van der Waals surface area contributed by atoms with Crippen molar-refractivity contribution >= 4 is 5.91 Å². The molecular weight excluding hydrogens is 374 g/mol. The minimum Gasteiger partial charge on any atom is -0.345 e. The van der Waals surface area contributed by atoms with Gasteiger partial charge in [-0.15, -0.1) is 0 Å². The second-order valence-corrected chi connectivity index (χ2v) is 8.05. The Hall–Kier alpha value is -2.99. The van der Waals surface area contributed by atoms with Gasteiger partial charge < -0.3 is 5.32 Å². The predicted molar refractivity (Wildman–Crippen MR) is 117 cm³/mol. The number of nitrogens with zero attached hydrogens (tertiary/aromatic N) is 4. The van der Waals surface area contributed by atoms with Crippen LogP contribution in [0.3, 0.4) is 0 Å². The molecule has 6 nitrogen and oxygen atoms in total. The van der Waals surface area contributed by atoms with Crippen molar-refractivity contribution < 1.29 is 4.79 Å². The normalized spacial score (nSPS) is 14.0. The second-order valence-electron chi connectivity index (χ2n) is 8.05. The first kappa shape index (κ1) is 20.3. The van der Waals surface area contributed by atoms with Gasteiger partial charge in [0, 0.05) is 49.6 Å². The van der Waals surface area contributed by atoms with Crippen molar-refractivity contribution in [2.75, 3.05) is 6.54 Å². The zero-order chi connectivity index (χ0) is 20.9. The van der Waals surface area contributed by atoms with Crippen molar-refractivity contribution in [1.29, 1.82) is 0 Å². The lowest BCUT2D eigenvalue weighted by Gasteiger charge is -2.30. The van der Waals surface area contributed by atoms with E-state index in [1.165, 1.54) is 11.3 Å². The first-order chi connectivity index (χ1) is 14.6. The molecule has 1 aromatic carbocycles. The minimum atomic E-state index is -0.124. The van der Waals surface area contributed by atoms with Gasteiger partial charge in [0.2, 0.25) is 0 Å². The monoisotopic (exact) mass is 403 g/mol. The molecule has 156 valence electrons. The predicted octanol–water partition coefficient (Wildman–Crippen LogP) is 3.22. The largest absolute Gasteiger partial charge is 0.345 e. The first-order valence-electron chi connectivity index (χ1n) is 10.7. The third-order valence-corrected chi connectivity index (χ3v) is 5.72. The van der Waals surface area contributed by atoms with Crippen molar-refractivity contribution in [2.45, 2.75) is 52.4 Å². The summed E-state index contributed by atoms with van der Waals surface area (Å²) in [5.74, 6) is -0.124. The van der Waals surface area contributed by atoms with Crippen LogP contribution < -0.4 is 5.32 Å². The second kappa shape index (κ2) is 9.22. The van der Waals surface area contributed by atoms with Gasteiger partial charge in [-0.2, -0.15) is 5.10 Å². The topological polar surface area (TPSA) is 63.1 Å². The van der Waals surface area contributed by atoms with Gasteiger partial charge >= 0.3 is 0 Å². The maximum atomic E-state index is 13.0. The van der Waals surface area contributed by atoms with Crippen LogP contribution >= 0.6 is 0 Å². The summed E-state index contributed by atoms with van der Waals surface area (Å²) in [5.41, 5.74) is 4.95. The molecule has 0 aliphatic carbocycles. The zero-order valence-corrected chi connectivity index (χ0v) is 17.7. The van der Waals surface area contributed by atoms with E-state index in [-0.39, 0.29) is 5.91 Å². The number of amides is 1. The van der Waals surface area contributed by atoms with E-state index in [0.29, 0.717) is 18.3 Å². The number of hydrogen-bond acceptors (Lipinski definition) is 4. The van der Waals surface area contributed by atoms with Gasteiger partial charge in [-0.1, -0.05) is 36.4 Å². The molecule has 0 bridgehead atoms. The smallest absolute Gasteiger partial charge is 0.272 e. The van der Waals surface area contributed by atoms with Crippen LogP contribution in [0.5, 0.6) is 0 Å². The molecule has 1 aliphatic rings. The Kier molecular flexibility index (Phi) is 6.23. The number of pyridine rings is 1. The molecule has 30 heavy (non-hydrogen) atoms. The van der Waals surface area contributed by atoms with Crippen molar-refractivity contribution in [3.63, 3.8) is 0 Å². The van der Waals surface area contributed by atoms with Crippen LogP contribution in [-0.4, -0.2) is 38.2 Å². The third kappa shape index (κ3) is 4.60. The van der Waals surface area contributed by atoms with Gasteiger partial charge in [0.15, 0.2) is 5.69 Å². The van der Waals surface area contributed by atoms with Crippen LogP contribution in [0.2, 0.25) is 0 Å². The number of rotatable bonds is 7. The average Bonchev–Trinajstić information content (AvgIpc) is 3.15. The molecule has 0 radical (unpaired) electrons. The number of hydrogen-bond donors (Lipinski definition) is 1. The summed E-state index contributed by atoms with van der Waals surface area (Å²) < 4.78 is 2.05. The Balaban J connectivity index is 1.55. The Morgan fingerprint density at radius 1 is 1.13 bits per heavy atom. The molecular formula is C24H29N5O. The standard InChI is InChI=1S/C24H29N5O/c1-18(2)28-14-12-22-21(17-28)23(24(30)26-16-20-10-6-7-13-25-20)27-29(22)15-11-19-8-4-3-5-9-19/h3-10,13,18H,11-12,14-17H2,1-2H3,(H,26,30). The van der Waals surface area contributed by atoms with Gasteiger partial charge in [0.1, 0.15) is 0 Å². The lowest BCUT2D eigenvalue weighted by Crippen LogP contribution is -2.37. The number of carbonyl (C=O) groups excluding carboxylic acids is 1. The molecule has 0 saturated carbocycles. The molecule has 3 heterocycles. The highest BCUT2D eigenvalue weighted by Gasteiger charge is 2.28. The fourth-order valence-electron chi connectivity index (χ4n) is 3.96. The quantitative estimate of drug-likeness (QED) is 0.658. The fraction of sp³-hybridized carbons (Fsp3) is 0.375. The molecule has 1 amide bonds. The van der Waals surface area contributed by atoms with Crippen LogP contribution in [-0.2, 0) is 32.5 Å². The number of fused-ring (bicyclic) bond motifs is 1. The highest BCUT2D eigenvalue weighted by molar-refractivity contribution is 5.94. The Labute approximate surface area is 177 Å². The number of carbonyl (C=O) groups is 1. The highest BCUT2D eigenvalue weighted by atomic mass is 16.2. The summed E-state index contributed by atoms with van der Waals surface area (Å²) >= 11 is 0. The average molecular weight is 404 g/mol. The van der Waals surface area contributed by atoms with E-state index in [2.05, 4.69) is 58.0 Å². The van der Waals surface area contributed by atoms with Gasteiger partial charge in [0.25, 0.3) is 5.91 Å². The summed E-state index contributed by atoms with van der Waals surface area (Å²) in [5, 5.41) is 7.77. The molecule has 4 rings (SSSR count). The minimum absolute atomic E-state index is 0.124. The molecule has 1 aliphatic heterocycles. The van der Waals surface area contributed by atoms with E-state index in [1.54, 1.807) is 6.20 Å². The molecule has 0 spiro atoms. The lowest BCUT2D eigenvalue weighted by molar-refractivity contribution is 0.0941.